The Hall–Kier alpha value is -0.0900. The van der Waals surface area contributed by atoms with E-state index in [1.807, 2.05) is 6.92 Å². The molecular weight excluding hydrogens is 186 g/mol. The molecule has 2 N–H and O–H groups in total. The monoisotopic (exact) mass is 205 g/mol. The van der Waals surface area contributed by atoms with Crippen molar-refractivity contribution in [1.29, 1.82) is 0 Å². The molecule has 1 rings (SSSR count). The van der Waals surface area contributed by atoms with E-state index in [1.165, 1.54) is 0 Å². The third-order valence-electron chi connectivity index (χ3n) is 2.89. The van der Waals surface area contributed by atoms with E-state index in [4.69, 9.17) is 5.73 Å². The normalized spacial score (nSPS) is 29.8. The minimum absolute atomic E-state index is 0.121. The molecule has 0 radical (unpaired) electrons. The van der Waals surface area contributed by atoms with Gasteiger partial charge in [-0.1, -0.05) is 13.3 Å². The van der Waals surface area contributed by atoms with Crippen LogP contribution in [0.25, 0.3) is 0 Å². The molecule has 0 saturated carbocycles. The van der Waals surface area contributed by atoms with E-state index in [2.05, 4.69) is 0 Å². The number of hydrogen-bond donors (Lipinski definition) is 1. The Balaban J connectivity index is 2.65. The molecule has 1 aliphatic rings. The van der Waals surface area contributed by atoms with Gasteiger partial charge in [0, 0.05) is 0 Å². The maximum Gasteiger partial charge on any atom is 0.153 e. The first-order valence-electron chi connectivity index (χ1n) is 4.99. The summed E-state index contributed by atoms with van der Waals surface area (Å²) in [5.74, 6) is 0.613. The van der Waals surface area contributed by atoms with Crippen LogP contribution in [0.15, 0.2) is 0 Å². The molecule has 0 aromatic carbocycles. The molecule has 1 fully saturated rings. The lowest BCUT2D eigenvalue weighted by molar-refractivity contribution is 0.439. The molecule has 0 spiro atoms. The summed E-state index contributed by atoms with van der Waals surface area (Å²) in [7, 11) is -2.80. The fraction of sp³-hybridized carbons (Fsp3) is 1.00. The molecule has 4 heteroatoms. The smallest absolute Gasteiger partial charge is 0.153 e. The highest BCUT2D eigenvalue weighted by molar-refractivity contribution is 7.92. The Morgan fingerprint density at radius 1 is 1.46 bits per heavy atom. The maximum absolute atomic E-state index is 11.7. The fourth-order valence-corrected chi connectivity index (χ4v) is 4.35. The Bertz CT molecular complexity index is 248. The van der Waals surface area contributed by atoms with Gasteiger partial charge in [-0.3, -0.25) is 0 Å². The van der Waals surface area contributed by atoms with E-state index < -0.39 is 9.84 Å². The molecule has 2 atom stereocenters. The number of sulfone groups is 1. The zero-order valence-electron chi connectivity index (χ0n) is 8.20. The van der Waals surface area contributed by atoms with Gasteiger partial charge in [0.2, 0.25) is 0 Å². The lowest BCUT2D eigenvalue weighted by atomic mass is 9.99. The zero-order chi connectivity index (χ0) is 9.90. The second-order valence-corrected chi connectivity index (χ2v) is 6.30. The topological polar surface area (TPSA) is 60.2 Å². The van der Waals surface area contributed by atoms with Crippen LogP contribution in [-0.4, -0.2) is 26.0 Å². The minimum atomic E-state index is -2.80. The van der Waals surface area contributed by atoms with Crippen LogP contribution in [0.4, 0.5) is 0 Å². The minimum Gasteiger partial charge on any atom is -0.330 e. The average molecular weight is 205 g/mol. The van der Waals surface area contributed by atoms with Crippen LogP contribution in [0.5, 0.6) is 0 Å². The summed E-state index contributed by atoms with van der Waals surface area (Å²) < 4.78 is 23.3. The second-order valence-electron chi connectivity index (χ2n) is 3.96. The third-order valence-corrected chi connectivity index (χ3v) is 5.37. The van der Waals surface area contributed by atoms with E-state index in [0.29, 0.717) is 12.3 Å². The second kappa shape index (κ2) is 4.42. The van der Waals surface area contributed by atoms with E-state index in [9.17, 15) is 8.42 Å². The summed E-state index contributed by atoms with van der Waals surface area (Å²) in [6, 6.07) is 0. The first-order valence-corrected chi connectivity index (χ1v) is 6.71. The van der Waals surface area contributed by atoms with Crippen LogP contribution in [0.2, 0.25) is 0 Å². The van der Waals surface area contributed by atoms with Crippen molar-refractivity contribution in [2.75, 3.05) is 12.3 Å². The van der Waals surface area contributed by atoms with Crippen molar-refractivity contribution < 1.29 is 8.42 Å². The highest BCUT2D eigenvalue weighted by Crippen LogP contribution is 2.26. The highest BCUT2D eigenvalue weighted by Gasteiger charge is 2.32. The molecule has 0 bridgehead atoms. The van der Waals surface area contributed by atoms with Crippen molar-refractivity contribution in [3.8, 4) is 0 Å². The van der Waals surface area contributed by atoms with Gasteiger partial charge in [-0.05, 0) is 31.7 Å². The van der Waals surface area contributed by atoms with Crippen LogP contribution in [0, 0.1) is 5.92 Å². The molecule has 1 heterocycles. The van der Waals surface area contributed by atoms with Gasteiger partial charge in [-0.2, -0.15) is 0 Å². The summed E-state index contributed by atoms with van der Waals surface area (Å²) in [6.07, 6.45) is 3.56. The summed E-state index contributed by atoms with van der Waals surface area (Å²) in [4.78, 5) is 0. The average Bonchev–Trinajstić information content (AvgIpc) is 2.03. The maximum atomic E-state index is 11.7. The van der Waals surface area contributed by atoms with Gasteiger partial charge in [0.15, 0.2) is 9.84 Å². The van der Waals surface area contributed by atoms with Crippen LogP contribution >= 0.6 is 0 Å². The lowest BCUT2D eigenvalue weighted by Crippen LogP contribution is -2.34. The molecule has 3 nitrogen and oxygen atoms in total. The molecule has 78 valence electrons. The summed E-state index contributed by atoms with van der Waals surface area (Å²) in [6.45, 7) is 2.59. The predicted octanol–water partition coefficient (Wildman–Crippen LogP) is 0.939. The van der Waals surface area contributed by atoms with E-state index >= 15 is 0 Å². The van der Waals surface area contributed by atoms with Crippen molar-refractivity contribution >= 4 is 9.84 Å². The Labute approximate surface area is 80.6 Å². The molecule has 2 unspecified atom stereocenters. The van der Waals surface area contributed by atoms with Crippen molar-refractivity contribution in [2.45, 2.75) is 37.9 Å². The molecule has 0 amide bonds. The van der Waals surface area contributed by atoms with Crippen molar-refractivity contribution in [3.05, 3.63) is 0 Å². The summed E-state index contributed by atoms with van der Waals surface area (Å²) >= 11 is 0. The molecule has 13 heavy (non-hydrogen) atoms. The van der Waals surface area contributed by atoms with Gasteiger partial charge in [0.25, 0.3) is 0 Å². The first kappa shape index (κ1) is 11.0. The SMILES string of the molecule is CC(CCN)C1CCCCS1(=O)=O. The molecule has 0 aliphatic carbocycles. The van der Waals surface area contributed by atoms with E-state index in [0.717, 1.165) is 25.7 Å². The van der Waals surface area contributed by atoms with Crippen molar-refractivity contribution in [3.63, 3.8) is 0 Å². The van der Waals surface area contributed by atoms with Gasteiger partial charge < -0.3 is 5.73 Å². The van der Waals surface area contributed by atoms with Crippen LogP contribution in [0.1, 0.15) is 32.6 Å². The third kappa shape index (κ3) is 2.68. The summed E-state index contributed by atoms with van der Waals surface area (Å²) in [5.41, 5.74) is 5.43. The Morgan fingerprint density at radius 2 is 2.15 bits per heavy atom. The van der Waals surface area contributed by atoms with E-state index in [1.54, 1.807) is 0 Å². The van der Waals surface area contributed by atoms with Crippen molar-refractivity contribution in [1.82, 2.24) is 0 Å². The molecule has 1 saturated heterocycles. The molecule has 0 aromatic rings. The van der Waals surface area contributed by atoms with Gasteiger partial charge in [-0.15, -0.1) is 0 Å². The molecular formula is C9H19NO2S. The number of rotatable bonds is 3. The Morgan fingerprint density at radius 3 is 2.69 bits per heavy atom. The Kier molecular flexibility index (Phi) is 3.74. The van der Waals surface area contributed by atoms with E-state index in [-0.39, 0.29) is 11.2 Å². The zero-order valence-corrected chi connectivity index (χ0v) is 9.02. The van der Waals surface area contributed by atoms with Gasteiger partial charge in [-0.25, -0.2) is 8.42 Å². The fourth-order valence-electron chi connectivity index (χ4n) is 2.07. The number of nitrogens with two attached hydrogens (primary N) is 1. The summed E-state index contributed by atoms with van der Waals surface area (Å²) in [5, 5.41) is -0.121. The number of hydrogen-bond acceptors (Lipinski definition) is 3. The predicted molar refractivity (Wildman–Crippen MR) is 54.3 cm³/mol. The van der Waals surface area contributed by atoms with Gasteiger partial charge in [0.1, 0.15) is 0 Å². The van der Waals surface area contributed by atoms with Crippen molar-refractivity contribution in [2.24, 2.45) is 11.7 Å². The largest absolute Gasteiger partial charge is 0.330 e. The lowest BCUT2D eigenvalue weighted by Gasteiger charge is -2.27. The van der Waals surface area contributed by atoms with Crippen LogP contribution in [0.3, 0.4) is 0 Å². The quantitative estimate of drug-likeness (QED) is 0.746. The standard InChI is InChI=1S/C9H19NO2S/c1-8(5-6-10)9-4-2-3-7-13(9,11)12/h8-9H,2-7,10H2,1H3. The molecule has 0 aromatic heterocycles. The van der Waals surface area contributed by atoms with Gasteiger partial charge >= 0.3 is 0 Å². The highest BCUT2D eigenvalue weighted by atomic mass is 32.2. The van der Waals surface area contributed by atoms with Crippen LogP contribution in [-0.2, 0) is 9.84 Å². The molecule has 1 aliphatic heterocycles. The van der Waals surface area contributed by atoms with Gasteiger partial charge in [0.05, 0.1) is 11.0 Å². The first-order chi connectivity index (χ1) is 6.08. The van der Waals surface area contributed by atoms with Crippen LogP contribution < -0.4 is 5.73 Å².